The summed E-state index contributed by atoms with van der Waals surface area (Å²) in [5, 5.41) is 1.06. The van der Waals surface area contributed by atoms with Crippen LogP contribution in [0.15, 0.2) is 48.7 Å². The molecule has 3 heteroatoms. The first kappa shape index (κ1) is 11.7. The molecule has 3 aromatic rings. The molecule has 1 heterocycles. The van der Waals surface area contributed by atoms with Crippen LogP contribution in [-0.4, -0.2) is 10.9 Å². The van der Waals surface area contributed by atoms with E-state index >= 15 is 0 Å². The quantitative estimate of drug-likeness (QED) is 0.637. The number of rotatable bonds is 2. The Morgan fingerprint density at radius 3 is 2.53 bits per heavy atom. The molecular weight excluding hydrogens is 241 g/mol. The maximum Gasteiger partial charge on any atom is 0.150 e. The van der Waals surface area contributed by atoms with E-state index in [1.807, 2.05) is 29.9 Å². The Bertz CT molecular complexity index is 756. The summed E-state index contributed by atoms with van der Waals surface area (Å²) < 4.78 is 14.9. The van der Waals surface area contributed by atoms with E-state index in [9.17, 15) is 9.18 Å². The maximum absolute atomic E-state index is 13.0. The summed E-state index contributed by atoms with van der Waals surface area (Å²) in [5.41, 5.74) is 3.64. The summed E-state index contributed by atoms with van der Waals surface area (Å²) in [6, 6.07) is 12.0. The lowest BCUT2D eigenvalue weighted by atomic mass is 10.0. The zero-order valence-electron chi connectivity index (χ0n) is 10.4. The molecule has 0 unspecified atom stereocenters. The molecule has 0 aliphatic carbocycles. The molecule has 0 saturated heterocycles. The topological polar surface area (TPSA) is 22.0 Å². The molecule has 0 N–H and O–H groups in total. The fourth-order valence-electron chi connectivity index (χ4n) is 2.33. The first-order valence-electron chi connectivity index (χ1n) is 5.99. The van der Waals surface area contributed by atoms with Gasteiger partial charge in [0.15, 0.2) is 0 Å². The molecule has 0 fully saturated rings. The van der Waals surface area contributed by atoms with E-state index in [4.69, 9.17) is 0 Å². The van der Waals surface area contributed by atoms with Crippen LogP contribution < -0.4 is 0 Å². The molecule has 0 saturated carbocycles. The van der Waals surface area contributed by atoms with Gasteiger partial charge in [0, 0.05) is 35.3 Å². The second-order valence-electron chi connectivity index (χ2n) is 4.56. The van der Waals surface area contributed by atoms with Crippen LogP contribution in [0.4, 0.5) is 4.39 Å². The Labute approximate surface area is 110 Å². The number of halogens is 1. The van der Waals surface area contributed by atoms with E-state index in [2.05, 4.69) is 0 Å². The summed E-state index contributed by atoms with van der Waals surface area (Å²) in [5.74, 6) is -0.243. The Morgan fingerprint density at radius 2 is 1.84 bits per heavy atom. The van der Waals surface area contributed by atoms with Crippen LogP contribution >= 0.6 is 0 Å². The number of carbonyl (C=O) groups is 1. The van der Waals surface area contributed by atoms with Gasteiger partial charge >= 0.3 is 0 Å². The highest BCUT2D eigenvalue weighted by atomic mass is 19.1. The van der Waals surface area contributed by atoms with Gasteiger partial charge in [0.25, 0.3) is 0 Å². The van der Waals surface area contributed by atoms with E-state index in [-0.39, 0.29) is 5.82 Å². The van der Waals surface area contributed by atoms with E-state index in [0.29, 0.717) is 5.56 Å². The number of aromatic nitrogens is 1. The van der Waals surface area contributed by atoms with Crippen LogP contribution in [0.5, 0.6) is 0 Å². The van der Waals surface area contributed by atoms with Crippen molar-refractivity contribution < 1.29 is 9.18 Å². The average molecular weight is 253 g/mol. The number of aldehydes is 1. The van der Waals surface area contributed by atoms with E-state index in [1.165, 1.54) is 12.1 Å². The van der Waals surface area contributed by atoms with E-state index in [0.717, 1.165) is 28.3 Å². The average Bonchev–Trinajstić information content (AvgIpc) is 2.76. The van der Waals surface area contributed by atoms with Crippen LogP contribution in [0.1, 0.15) is 10.4 Å². The number of aryl methyl sites for hydroxylation is 1. The number of hydrogen-bond donors (Lipinski definition) is 0. The van der Waals surface area contributed by atoms with Gasteiger partial charge in [-0.2, -0.15) is 0 Å². The minimum atomic E-state index is -0.243. The molecule has 2 aromatic carbocycles. The smallest absolute Gasteiger partial charge is 0.150 e. The van der Waals surface area contributed by atoms with Crippen molar-refractivity contribution >= 4 is 17.2 Å². The predicted molar refractivity (Wildman–Crippen MR) is 73.7 cm³/mol. The molecule has 2 nitrogen and oxygen atoms in total. The van der Waals surface area contributed by atoms with Crippen LogP contribution in [-0.2, 0) is 7.05 Å². The van der Waals surface area contributed by atoms with Crippen molar-refractivity contribution in [2.24, 2.45) is 7.05 Å². The minimum absolute atomic E-state index is 0.243. The lowest BCUT2D eigenvalue weighted by molar-refractivity contribution is 0.112. The summed E-state index contributed by atoms with van der Waals surface area (Å²) in [7, 11) is 1.93. The molecule has 19 heavy (non-hydrogen) atoms. The monoisotopic (exact) mass is 253 g/mol. The van der Waals surface area contributed by atoms with Crippen LogP contribution in [0, 0.1) is 5.82 Å². The van der Waals surface area contributed by atoms with Crippen molar-refractivity contribution in [2.75, 3.05) is 0 Å². The number of carbonyl (C=O) groups excluding carboxylic acids is 1. The van der Waals surface area contributed by atoms with Crippen molar-refractivity contribution in [2.45, 2.75) is 0 Å². The number of benzene rings is 2. The van der Waals surface area contributed by atoms with Gasteiger partial charge < -0.3 is 4.57 Å². The zero-order chi connectivity index (χ0) is 13.4. The molecule has 1 aromatic heterocycles. The third kappa shape index (κ3) is 1.93. The molecular formula is C16H12FNO. The van der Waals surface area contributed by atoms with Crippen molar-refractivity contribution in [3.05, 3.63) is 60.0 Å². The SMILES string of the molecule is Cn1cc(-c2ccc(F)cc2)c2ccc(C=O)cc21. The van der Waals surface area contributed by atoms with Gasteiger partial charge in [-0.25, -0.2) is 4.39 Å². The molecule has 0 aliphatic heterocycles. The Kier molecular flexibility index (Phi) is 2.67. The lowest BCUT2D eigenvalue weighted by Gasteiger charge is -2.00. The normalized spacial score (nSPS) is 10.8. The van der Waals surface area contributed by atoms with Crippen molar-refractivity contribution in [3.63, 3.8) is 0 Å². The minimum Gasteiger partial charge on any atom is -0.350 e. The van der Waals surface area contributed by atoms with Gasteiger partial charge in [0.05, 0.1) is 0 Å². The van der Waals surface area contributed by atoms with Gasteiger partial charge in [0.1, 0.15) is 12.1 Å². The van der Waals surface area contributed by atoms with Crippen LogP contribution in [0.25, 0.3) is 22.0 Å². The van der Waals surface area contributed by atoms with Crippen LogP contribution in [0.2, 0.25) is 0 Å². The molecule has 3 rings (SSSR count). The predicted octanol–water partition coefficient (Wildman–Crippen LogP) is 3.80. The second-order valence-corrected chi connectivity index (χ2v) is 4.56. The van der Waals surface area contributed by atoms with Crippen molar-refractivity contribution in [1.29, 1.82) is 0 Å². The standard InChI is InChI=1S/C16H12FNO/c1-18-9-15(12-3-5-13(17)6-4-12)14-7-2-11(10-19)8-16(14)18/h2-10H,1H3. The highest BCUT2D eigenvalue weighted by Gasteiger charge is 2.09. The van der Waals surface area contributed by atoms with Gasteiger partial charge in [-0.3, -0.25) is 4.79 Å². The van der Waals surface area contributed by atoms with Gasteiger partial charge in [-0.05, 0) is 23.8 Å². The number of hydrogen-bond acceptors (Lipinski definition) is 1. The third-order valence-corrected chi connectivity index (χ3v) is 3.31. The summed E-state index contributed by atoms with van der Waals surface area (Å²) >= 11 is 0. The Morgan fingerprint density at radius 1 is 1.11 bits per heavy atom. The van der Waals surface area contributed by atoms with Crippen molar-refractivity contribution in [3.8, 4) is 11.1 Å². The number of fused-ring (bicyclic) bond motifs is 1. The molecule has 0 amide bonds. The van der Waals surface area contributed by atoms with Gasteiger partial charge in [-0.15, -0.1) is 0 Å². The summed E-state index contributed by atoms with van der Waals surface area (Å²) in [6.45, 7) is 0. The molecule has 0 atom stereocenters. The largest absolute Gasteiger partial charge is 0.350 e. The van der Waals surface area contributed by atoms with E-state index in [1.54, 1.807) is 18.2 Å². The van der Waals surface area contributed by atoms with Crippen LogP contribution in [0.3, 0.4) is 0 Å². The highest BCUT2D eigenvalue weighted by Crippen LogP contribution is 2.30. The molecule has 0 bridgehead atoms. The molecule has 0 spiro atoms. The first-order valence-corrected chi connectivity index (χ1v) is 5.99. The highest BCUT2D eigenvalue weighted by molar-refractivity contribution is 5.98. The third-order valence-electron chi connectivity index (χ3n) is 3.31. The fourth-order valence-corrected chi connectivity index (χ4v) is 2.33. The first-order chi connectivity index (χ1) is 9.19. The zero-order valence-corrected chi connectivity index (χ0v) is 10.4. The number of nitrogens with zero attached hydrogens (tertiary/aromatic N) is 1. The molecule has 94 valence electrons. The molecule has 0 radical (unpaired) electrons. The second kappa shape index (κ2) is 4.35. The maximum atomic E-state index is 13.0. The Hall–Kier alpha value is -2.42. The van der Waals surface area contributed by atoms with E-state index < -0.39 is 0 Å². The fraction of sp³-hybridized carbons (Fsp3) is 0.0625. The summed E-state index contributed by atoms with van der Waals surface area (Å²) in [4.78, 5) is 10.8. The summed E-state index contributed by atoms with van der Waals surface area (Å²) in [6.07, 6.45) is 2.83. The lowest BCUT2D eigenvalue weighted by Crippen LogP contribution is -1.85. The molecule has 0 aliphatic rings. The van der Waals surface area contributed by atoms with Crippen molar-refractivity contribution in [1.82, 2.24) is 4.57 Å². The van der Waals surface area contributed by atoms with Gasteiger partial charge in [-0.1, -0.05) is 24.3 Å². The van der Waals surface area contributed by atoms with Gasteiger partial charge in [0.2, 0.25) is 0 Å². The Balaban J connectivity index is 2.25.